The third-order valence-corrected chi connectivity index (χ3v) is 5.81. The molecule has 0 aliphatic carbocycles. The molecule has 0 spiro atoms. The SMILES string of the molecule is O=C(COc1ccc2ccccc2c1)N1CCN(C(=O)[C@@H]2COc3ccccc3O2)CC1. The summed E-state index contributed by atoms with van der Waals surface area (Å²) in [6.45, 7) is 2.02. The Hall–Kier alpha value is -3.74. The third-order valence-electron chi connectivity index (χ3n) is 5.81. The van der Waals surface area contributed by atoms with Gasteiger partial charge in [0.15, 0.2) is 18.1 Å². The Labute approximate surface area is 186 Å². The summed E-state index contributed by atoms with van der Waals surface area (Å²) >= 11 is 0. The molecule has 2 heterocycles. The largest absolute Gasteiger partial charge is 0.485 e. The molecule has 5 rings (SSSR count). The Kier molecular flexibility index (Phi) is 5.54. The minimum absolute atomic E-state index is 0.0252. The molecule has 2 amide bonds. The number of piperazine rings is 1. The van der Waals surface area contributed by atoms with Gasteiger partial charge in [0, 0.05) is 26.2 Å². The highest BCUT2D eigenvalue weighted by Crippen LogP contribution is 2.31. The first-order chi connectivity index (χ1) is 15.7. The van der Waals surface area contributed by atoms with E-state index in [0.717, 1.165) is 10.8 Å². The van der Waals surface area contributed by atoms with Crippen LogP contribution in [0.1, 0.15) is 0 Å². The maximum atomic E-state index is 12.9. The number of benzene rings is 3. The normalized spacial score (nSPS) is 17.8. The van der Waals surface area contributed by atoms with E-state index in [1.165, 1.54) is 0 Å². The summed E-state index contributed by atoms with van der Waals surface area (Å²) < 4.78 is 17.2. The van der Waals surface area contributed by atoms with Crippen molar-refractivity contribution in [2.75, 3.05) is 39.4 Å². The Morgan fingerprint density at radius 2 is 1.53 bits per heavy atom. The Morgan fingerprint density at radius 1 is 0.844 bits per heavy atom. The summed E-state index contributed by atoms with van der Waals surface area (Å²) in [6, 6.07) is 21.1. The van der Waals surface area contributed by atoms with E-state index in [1.54, 1.807) is 15.9 Å². The molecule has 0 N–H and O–H groups in total. The molecule has 2 aliphatic rings. The van der Waals surface area contributed by atoms with Gasteiger partial charge in [0.1, 0.15) is 12.4 Å². The van der Waals surface area contributed by atoms with Gasteiger partial charge in [-0.05, 0) is 35.0 Å². The molecule has 7 nitrogen and oxygen atoms in total. The first-order valence-corrected chi connectivity index (χ1v) is 10.7. The lowest BCUT2D eigenvalue weighted by molar-refractivity contribution is -0.146. The van der Waals surface area contributed by atoms with Crippen molar-refractivity contribution in [2.45, 2.75) is 6.10 Å². The number of hydrogen-bond acceptors (Lipinski definition) is 5. The Morgan fingerprint density at radius 3 is 2.34 bits per heavy atom. The van der Waals surface area contributed by atoms with E-state index < -0.39 is 6.10 Å². The second kappa shape index (κ2) is 8.78. The van der Waals surface area contributed by atoms with E-state index in [0.29, 0.717) is 43.4 Å². The molecule has 7 heteroatoms. The minimum Gasteiger partial charge on any atom is -0.485 e. The van der Waals surface area contributed by atoms with Crippen LogP contribution < -0.4 is 14.2 Å². The highest BCUT2D eigenvalue weighted by Gasteiger charge is 2.33. The van der Waals surface area contributed by atoms with Gasteiger partial charge in [0.25, 0.3) is 11.8 Å². The van der Waals surface area contributed by atoms with Gasteiger partial charge in [-0.2, -0.15) is 0 Å². The molecule has 2 aliphatic heterocycles. The first kappa shape index (κ1) is 20.2. The van der Waals surface area contributed by atoms with Crippen LogP contribution in [0, 0.1) is 0 Å². The monoisotopic (exact) mass is 432 g/mol. The lowest BCUT2D eigenvalue weighted by atomic mass is 10.1. The molecular weight excluding hydrogens is 408 g/mol. The molecule has 0 saturated carbocycles. The quantitative estimate of drug-likeness (QED) is 0.634. The number of rotatable bonds is 4. The summed E-state index contributed by atoms with van der Waals surface area (Å²) in [7, 11) is 0. The van der Waals surface area contributed by atoms with Crippen molar-refractivity contribution >= 4 is 22.6 Å². The van der Waals surface area contributed by atoms with Crippen LogP contribution in [0.5, 0.6) is 17.2 Å². The van der Waals surface area contributed by atoms with Crippen LogP contribution in [0.15, 0.2) is 66.7 Å². The van der Waals surface area contributed by atoms with Crippen molar-refractivity contribution in [1.82, 2.24) is 9.80 Å². The minimum atomic E-state index is -0.664. The van der Waals surface area contributed by atoms with Crippen molar-refractivity contribution < 1.29 is 23.8 Å². The zero-order valence-electron chi connectivity index (χ0n) is 17.6. The summed E-state index contributed by atoms with van der Waals surface area (Å²) in [4.78, 5) is 28.9. The Balaban J connectivity index is 1.11. The number of nitrogens with zero attached hydrogens (tertiary/aromatic N) is 2. The first-order valence-electron chi connectivity index (χ1n) is 10.7. The molecule has 1 saturated heterocycles. The highest BCUT2D eigenvalue weighted by molar-refractivity contribution is 5.84. The van der Waals surface area contributed by atoms with Crippen LogP contribution in [-0.4, -0.2) is 67.1 Å². The second-order valence-corrected chi connectivity index (χ2v) is 7.87. The van der Waals surface area contributed by atoms with E-state index >= 15 is 0 Å². The van der Waals surface area contributed by atoms with E-state index in [2.05, 4.69) is 0 Å². The van der Waals surface area contributed by atoms with Gasteiger partial charge in [0.2, 0.25) is 6.10 Å². The standard InChI is InChI=1S/C25H24N2O5/c28-24(17-30-20-10-9-18-5-1-2-6-19(18)15-20)26-11-13-27(14-12-26)25(29)23-16-31-21-7-3-4-8-22(21)32-23/h1-10,15,23H,11-14,16-17H2/t23-/m0/s1. The van der Waals surface area contributed by atoms with Crippen LogP contribution in [0.25, 0.3) is 10.8 Å². The molecule has 0 aromatic heterocycles. The summed E-state index contributed by atoms with van der Waals surface area (Å²) in [6.07, 6.45) is -0.664. The van der Waals surface area contributed by atoms with Crippen molar-refractivity contribution in [1.29, 1.82) is 0 Å². The van der Waals surface area contributed by atoms with Gasteiger partial charge in [-0.25, -0.2) is 0 Å². The Bertz CT molecular complexity index is 1140. The second-order valence-electron chi connectivity index (χ2n) is 7.87. The van der Waals surface area contributed by atoms with Crippen LogP contribution in [0.4, 0.5) is 0 Å². The lowest BCUT2D eigenvalue weighted by Gasteiger charge is -2.37. The molecule has 0 bridgehead atoms. The molecule has 3 aromatic carbocycles. The maximum Gasteiger partial charge on any atom is 0.267 e. The lowest BCUT2D eigenvalue weighted by Crippen LogP contribution is -2.55. The van der Waals surface area contributed by atoms with Gasteiger partial charge in [-0.1, -0.05) is 42.5 Å². The van der Waals surface area contributed by atoms with E-state index in [-0.39, 0.29) is 25.0 Å². The summed E-state index contributed by atoms with van der Waals surface area (Å²) in [5, 5.41) is 2.20. The van der Waals surface area contributed by atoms with E-state index in [9.17, 15) is 9.59 Å². The van der Waals surface area contributed by atoms with Crippen LogP contribution in [-0.2, 0) is 9.59 Å². The zero-order chi connectivity index (χ0) is 21.9. The maximum absolute atomic E-state index is 12.9. The van der Waals surface area contributed by atoms with Crippen molar-refractivity contribution in [3.05, 3.63) is 66.7 Å². The molecule has 32 heavy (non-hydrogen) atoms. The van der Waals surface area contributed by atoms with Gasteiger partial charge in [-0.3, -0.25) is 9.59 Å². The van der Waals surface area contributed by atoms with Crippen molar-refractivity contribution in [3.8, 4) is 17.2 Å². The third kappa shape index (κ3) is 4.19. The number of fused-ring (bicyclic) bond motifs is 2. The molecule has 0 radical (unpaired) electrons. The van der Waals surface area contributed by atoms with Crippen molar-refractivity contribution in [2.24, 2.45) is 0 Å². The fraction of sp³-hybridized carbons (Fsp3) is 0.280. The van der Waals surface area contributed by atoms with E-state index in [1.807, 2.05) is 60.7 Å². The van der Waals surface area contributed by atoms with E-state index in [4.69, 9.17) is 14.2 Å². The average Bonchev–Trinajstić information content (AvgIpc) is 2.86. The average molecular weight is 432 g/mol. The topological polar surface area (TPSA) is 68.3 Å². The summed E-state index contributed by atoms with van der Waals surface area (Å²) in [5.74, 6) is 1.70. The molecule has 1 atom stereocenters. The summed E-state index contributed by atoms with van der Waals surface area (Å²) in [5.41, 5.74) is 0. The highest BCUT2D eigenvalue weighted by atomic mass is 16.6. The van der Waals surface area contributed by atoms with Crippen molar-refractivity contribution in [3.63, 3.8) is 0 Å². The molecule has 3 aromatic rings. The van der Waals surface area contributed by atoms with Gasteiger partial charge in [-0.15, -0.1) is 0 Å². The number of carbonyl (C=O) groups is 2. The van der Waals surface area contributed by atoms with Gasteiger partial charge >= 0.3 is 0 Å². The van der Waals surface area contributed by atoms with Crippen LogP contribution in [0.3, 0.4) is 0 Å². The number of para-hydroxylation sites is 2. The zero-order valence-corrected chi connectivity index (χ0v) is 17.6. The van der Waals surface area contributed by atoms with Gasteiger partial charge in [0.05, 0.1) is 0 Å². The number of carbonyl (C=O) groups excluding carboxylic acids is 2. The number of ether oxygens (including phenoxy) is 3. The fourth-order valence-corrected chi connectivity index (χ4v) is 4.01. The van der Waals surface area contributed by atoms with Crippen LogP contribution >= 0.6 is 0 Å². The molecule has 1 fully saturated rings. The predicted molar refractivity (Wildman–Crippen MR) is 119 cm³/mol. The van der Waals surface area contributed by atoms with Gasteiger partial charge < -0.3 is 24.0 Å². The molecule has 0 unspecified atom stereocenters. The predicted octanol–water partition coefficient (Wildman–Crippen LogP) is 2.73. The number of amides is 2. The van der Waals surface area contributed by atoms with Crippen LogP contribution in [0.2, 0.25) is 0 Å². The molecule has 164 valence electrons. The fourth-order valence-electron chi connectivity index (χ4n) is 4.01. The number of hydrogen-bond donors (Lipinski definition) is 0. The smallest absolute Gasteiger partial charge is 0.267 e. The molecular formula is C25H24N2O5.